The van der Waals surface area contributed by atoms with Gasteiger partial charge in [0, 0.05) is 25.4 Å². The molecule has 0 fully saturated rings. The van der Waals surface area contributed by atoms with Gasteiger partial charge < -0.3 is 15.2 Å². The van der Waals surface area contributed by atoms with Gasteiger partial charge in [0.15, 0.2) is 0 Å². The summed E-state index contributed by atoms with van der Waals surface area (Å²) in [5.74, 6) is 0.373. The molecule has 0 saturated carbocycles. The van der Waals surface area contributed by atoms with Gasteiger partial charge in [0.2, 0.25) is 5.91 Å². The van der Waals surface area contributed by atoms with Crippen LogP contribution in [0.5, 0.6) is 0 Å². The van der Waals surface area contributed by atoms with Crippen LogP contribution in [0.3, 0.4) is 0 Å². The molecule has 0 radical (unpaired) electrons. The Morgan fingerprint density at radius 1 is 1.33 bits per heavy atom. The molecule has 0 saturated heterocycles. The summed E-state index contributed by atoms with van der Waals surface area (Å²) in [5, 5.41) is 5.79. The molecule has 1 amide bonds. The second kappa shape index (κ2) is 11.0. The van der Waals surface area contributed by atoms with Gasteiger partial charge in [-0.15, -0.1) is 24.8 Å². The first-order valence-corrected chi connectivity index (χ1v) is 7.32. The van der Waals surface area contributed by atoms with Crippen molar-refractivity contribution in [2.75, 3.05) is 13.6 Å². The van der Waals surface area contributed by atoms with Gasteiger partial charge in [-0.25, -0.2) is 9.37 Å². The second-order valence-corrected chi connectivity index (χ2v) is 5.11. The number of nitrogens with zero attached hydrogens (tertiary/aromatic N) is 2. The first-order chi connectivity index (χ1) is 10.6. The third kappa shape index (κ3) is 6.11. The minimum Gasteiger partial charge on any atom is -0.352 e. The highest BCUT2D eigenvalue weighted by atomic mass is 35.5. The number of amides is 1. The van der Waals surface area contributed by atoms with Crippen molar-refractivity contribution in [1.29, 1.82) is 0 Å². The van der Waals surface area contributed by atoms with Crippen molar-refractivity contribution in [3.05, 3.63) is 47.8 Å². The van der Waals surface area contributed by atoms with Gasteiger partial charge in [-0.1, -0.05) is 6.07 Å². The minimum absolute atomic E-state index is 0. The van der Waals surface area contributed by atoms with Gasteiger partial charge in [0.05, 0.1) is 5.69 Å². The smallest absolute Gasteiger partial charge is 0.220 e. The Morgan fingerprint density at radius 3 is 2.67 bits per heavy atom. The number of benzene rings is 1. The number of hydrogen-bond acceptors (Lipinski definition) is 3. The van der Waals surface area contributed by atoms with E-state index in [9.17, 15) is 9.18 Å². The van der Waals surface area contributed by atoms with Gasteiger partial charge in [-0.3, -0.25) is 4.79 Å². The van der Waals surface area contributed by atoms with Crippen LogP contribution >= 0.6 is 24.8 Å². The summed E-state index contributed by atoms with van der Waals surface area (Å²) in [5.41, 5.74) is 1.19. The molecule has 0 atom stereocenters. The van der Waals surface area contributed by atoms with E-state index in [-0.39, 0.29) is 36.5 Å². The first-order valence-electron chi connectivity index (χ1n) is 7.32. The number of aryl methyl sites for hydroxylation is 1. The number of aromatic nitrogens is 2. The fourth-order valence-electron chi connectivity index (χ4n) is 2.20. The average Bonchev–Trinajstić information content (AvgIpc) is 2.91. The van der Waals surface area contributed by atoms with Crippen LogP contribution in [0, 0.1) is 12.7 Å². The van der Waals surface area contributed by atoms with Crippen molar-refractivity contribution in [1.82, 2.24) is 20.2 Å². The molecule has 1 aromatic heterocycles. The molecule has 8 heteroatoms. The number of carbonyl (C=O) groups is 1. The molecular weight excluding hydrogens is 354 g/mol. The lowest BCUT2D eigenvalue weighted by molar-refractivity contribution is -0.121. The molecule has 24 heavy (non-hydrogen) atoms. The number of rotatable bonds is 7. The van der Waals surface area contributed by atoms with E-state index in [0.717, 1.165) is 24.4 Å². The van der Waals surface area contributed by atoms with Crippen molar-refractivity contribution in [3.8, 4) is 5.69 Å². The summed E-state index contributed by atoms with van der Waals surface area (Å²) in [7, 11) is 1.85. The van der Waals surface area contributed by atoms with E-state index in [4.69, 9.17) is 0 Å². The predicted octanol–water partition coefficient (Wildman–Crippen LogP) is 2.78. The van der Waals surface area contributed by atoms with Crippen molar-refractivity contribution in [2.24, 2.45) is 0 Å². The Labute approximate surface area is 153 Å². The zero-order valence-corrected chi connectivity index (χ0v) is 15.3. The third-order valence-corrected chi connectivity index (χ3v) is 3.42. The quantitative estimate of drug-likeness (QED) is 0.730. The molecular formula is C16H23Cl2FN4O. The molecule has 0 bridgehead atoms. The van der Waals surface area contributed by atoms with Crippen LogP contribution in [0.25, 0.3) is 5.69 Å². The standard InChI is InChI=1S/C16H21FN4O.2ClH/c1-12-19-8-9-21(12)15-6-5-13(10-14(15)17)11-20-16(22)4-3-7-18-2;;/h5-6,8-10,18H,3-4,7,11H2,1-2H3,(H,20,22);2*1H. The zero-order valence-electron chi connectivity index (χ0n) is 13.7. The molecule has 2 N–H and O–H groups in total. The van der Waals surface area contributed by atoms with Crippen molar-refractivity contribution < 1.29 is 9.18 Å². The molecule has 0 aliphatic rings. The van der Waals surface area contributed by atoms with Crippen molar-refractivity contribution in [3.63, 3.8) is 0 Å². The van der Waals surface area contributed by atoms with E-state index in [1.165, 1.54) is 6.07 Å². The molecule has 0 unspecified atom stereocenters. The van der Waals surface area contributed by atoms with Crippen LogP contribution < -0.4 is 10.6 Å². The van der Waals surface area contributed by atoms with Gasteiger partial charge >= 0.3 is 0 Å². The van der Waals surface area contributed by atoms with E-state index in [0.29, 0.717) is 18.7 Å². The highest BCUT2D eigenvalue weighted by Crippen LogP contribution is 2.16. The summed E-state index contributed by atoms with van der Waals surface area (Å²) in [4.78, 5) is 15.7. The van der Waals surface area contributed by atoms with Gasteiger partial charge in [0.25, 0.3) is 0 Å². The normalized spacial score (nSPS) is 9.79. The number of halogens is 3. The highest BCUT2D eigenvalue weighted by Gasteiger charge is 2.08. The van der Waals surface area contributed by atoms with Gasteiger partial charge in [-0.2, -0.15) is 0 Å². The lowest BCUT2D eigenvalue weighted by atomic mass is 10.2. The van der Waals surface area contributed by atoms with Crippen molar-refractivity contribution >= 4 is 30.7 Å². The monoisotopic (exact) mass is 376 g/mol. The molecule has 0 aliphatic heterocycles. The highest BCUT2D eigenvalue weighted by molar-refractivity contribution is 5.85. The topological polar surface area (TPSA) is 59.0 Å². The summed E-state index contributed by atoms with van der Waals surface area (Å²) in [6.07, 6.45) is 4.61. The van der Waals surface area contributed by atoms with E-state index in [2.05, 4.69) is 15.6 Å². The maximum absolute atomic E-state index is 14.2. The fraction of sp³-hybridized carbons (Fsp3) is 0.375. The molecule has 1 aromatic carbocycles. The van der Waals surface area contributed by atoms with E-state index >= 15 is 0 Å². The Morgan fingerprint density at radius 2 is 2.08 bits per heavy atom. The lowest BCUT2D eigenvalue weighted by Gasteiger charge is -2.09. The van der Waals surface area contributed by atoms with E-state index < -0.39 is 0 Å². The number of imidazole rings is 1. The van der Waals surface area contributed by atoms with Gasteiger partial charge in [-0.05, 0) is 44.6 Å². The first kappa shape index (κ1) is 22.4. The largest absolute Gasteiger partial charge is 0.352 e. The van der Waals surface area contributed by atoms with Crippen LogP contribution in [0.2, 0.25) is 0 Å². The maximum Gasteiger partial charge on any atom is 0.220 e. The Hall–Kier alpha value is -1.63. The minimum atomic E-state index is -0.331. The molecule has 134 valence electrons. The van der Waals surface area contributed by atoms with Gasteiger partial charge in [0.1, 0.15) is 11.6 Å². The molecule has 0 aliphatic carbocycles. The summed E-state index contributed by atoms with van der Waals surface area (Å²) in [6.45, 7) is 2.96. The molecule has 5 nitrogen and oxygen atoms in total. The fourth-order valence-corrected chi connectivity index (χ4v) is 2.20. The molecule has 1 heterocycles. The van der Waals surface area contributed by atoms with E-state index in [1.54, 1.807) is 23.0 Å². The molecule has 2 aromatic rings. The van der Waals surface area contributed by atoms with E-state index in [1.807, 2.05) is 20.0 Å². The maximum atomic E-state index is 14.2. The summed E-state index contributed by atoms with van der Waals surface area (Å²) in [6, 6.07) is 4.96. The summed E-state index contributed by atoms with van der Waals surface area (Å²) >= 11 is 0. The van der Waals surface area contributed by atoms with Crippen molar-refractivity contribution in [2.45, 2.75) is 26.3 Å². The number of carbonyl (C=O) groups excluding carboxylic acids is 1. The van der Waals surface area contributed by atoms with Crippen LogP contribution in [0.15, 0.2) is 30.6 Å². The van der Waals surface area contributed by atoms with Crippen LogP contribution in [0.1, 0.15) is 24.2 Å². The number of hydrogen-bond donors (Lipinski definition) is 2. The predicted molar refractivity (Wildman–Crippen MR) is 97.8 cm³/mol. The van der Waals surface area contributed by atoms with Crippen LogP contribution in [-0.2, 0) is 11.3 Å². The third-order valence-electron chi connectivity index (χ3n) is 3.42. The van der Waals surface area contributed by atoms with Crippen LogP contribution in [0.4, 0.5) is 4.39 Å². The SMILES string of the molecule is CNCCCC(=O)NCc1ccc(-n2ccnc2C)c(F)c1.Cl.Cl. The molecule has 2 rings (SSSR count). The average molecular weight is 377 g/mol. The van der Waals surface area contributed by atoms with Crippen LogP contribution in [-0.4, -0.2) is 29.1 Å². The Balaban J connectivity index is 0.00000264. The Kier molecular flexibility index (Phi) is 10.3. The summed E-state index contributed by atoms with van der Waals surface area (Å²) < 4.78 is 15.9. The second-order valence-electron chi connectivity index (χ2n) is 5.11. The Bertz CT molecular complexity index is 649. The molecule has 0 spiro atoms. The lowest BCUT2D eigenvalue weighted by Crippen LogP contribution is -2.23. The number of nitrogens with one attached hydrogen (secondary N) is 2. The zero-order chi connectivity index (χ0) is 15.9.